The minimum absolute atomic E-state index is 0. The number of benzene rings is 2. The Bertz CT molecular complexity index is 4900. The number of aryl methyl sites for hydroxylation is 1. The number of aliphatic imine (C=N–C) groups is 1. The Hall–Kier alpha value is -15.7. The second-order valence-electron chi connectivity index (χ2n) is 19.9. The molecule has 106 heavy (non-hydrogen) atoms. The molecule has 0 fully saturated rings. The summed E-state index contributed by atoms with van der Waals surface area (Å²) in [5.41, 5.74) is 19.5. The maximum Gasteiger partial charge on any atom is 0.307 e. The van der Waals surface area contributed by atoms with E-state index in [9.17, 15) is 29.1 Å². The molecule has 0 saturated heterocycles. The van der Waals surface area contributed by atoms with Crippen molar-refractivity contribution in [1.29, 1.82) is 5.53 Å². The Labute approximate surface area is 650 Å². The maximum atomic E-state index is 14.0. The Balaban J connectivity index is -0.0000000564. The van der Waals surface area contributed by atoms with Crippen LogP contribution in [0.4, 0.5) is 0 Å². The number of hydrogen-bond acceptors (Lipinski definition) is 15. The number of rotatable bonds is 30. The molecule has 1 heterocycles. The highest BCUT2D eigenvalue weighted by Gasteiger charge is 2.34. The molecular weight excluding hydrogens is 1350 g/mol. The van der Waals surface area contributed by atoms with Gasteiger partial charge in [0.05, 0.1) is 29.0 Å². The molecule has 0 radical (unpaired) electrons. The standard InChI is InChI=1S/C40H55N7O6.C38H2.H3N9O6.25H2/c1-6-26(4)36(35(49)24-30(39(52)53)22-28-14-9-7-10-15-28)45-37(50)29(20-25(2)3)23-34(48)32(18-13-19-43-40(41)42)44-38(51)33-21-27(5)47(46-33)31-16-11-8-12-17-31;1-3-5-7-9-11-13-15-17-19-21-23-25-27-29-31-33-35-37-38-36-34-32-30-28-26-24-22-20-18-16-14-12-10-8-6-4-2;1-2-3-4-5-6-7-8-9(12-14-10)13-15-11;;;;;;;;;;;;;;;;;;;;;;;;;/h7-12,14-17,21,25-26,29-30,32,36H,6,13,18-20,22-24H2,1-5H3,(H,44,51)(H,45,50)(H,52,53)(H4,41,42,43);1-2H;1,10-11H;25*1H/b;;2-1?,4-3+,6-5+,8-7+;;;;;;;;;;;;;;;;;;;;;;;;;/t26-,29+,30+,32-,36-;;;;;;;;;;;;;;;;;;;;;;;;;;;/m0.........................../s1. The number of aliphatic carboxylic acids is 1. The third-order valence-electron chi connectivity index (χ3n) is 12.0. The molecule has 0 aliphatic heterocycles. The summed E-state index contributed by atoms with van der Waals surface area (Å²) in [6.45, 7) is 9.66. The van der Waals surface area contributed by atoms with Crippen molar-refractivity contribution < 1.29 is 95.3 Å². The average molecular weight is 1460 g/mol. The van der Waals surface area contributed by atoms with E-state index in [1.54, 1.807) is 10.7 Å². The molecule has 28 heteroatoms. The Morgan fingerprint density at radius 3 is 1.42 bits per heavy atom. The number of aromatic nitrogens is 2. The molecule has 0 bridgehead atoms. The minimum Gasteiger partial charge on any atom is -0.481 e. The molecule has 0 saturated carbocycles. The molecule has 2 amide bonds. The lowest BCUT2D eigenvalue weighted by molar-refractivity contribution is -0.703. The fourth-order valence-electron chi connectivity index (χ4n) is 7.56. The van der Waals surface area contributed by atoms with Crippen LogP contribution in [0.5, 0.6) is 0 Å². The number of Topliss-reactive ketones (excluding diaryl/α,β-unsaturated/α-hetero) is 2. The Morgan fingerprint density at radius 1 is 0.604 bits per heavy atom. The number of carboxylic acid groups (broad SMARTS) is 1. The molecule has 0 aliphatic carbocycles. The number of amides is 2. The number of nitrogens with one attached hydrogen (secondary N) is 3. The van der Waals surface area contributed by atoms with Crippen molar-refractivity contribution in [2.24, 2.45) is 76.7 Å². The van der Waals surface area contributed by atoms with Crippen molar-refractivity contribution in [2.75, 3.05) is 6.54 Å². The number of nitrogens with zero attached hydrogens (tertiary/aromatic N) is 11. The summed E-state index contributed by atoms with van der Waals surface area (Å²) in [5.74, 6) is 83.2. The van der Waals surface area contributed by atoms with Gasteiger partial charge in [-0.1, -0.05) is 82.6 Å². The van der Waals surface area contributed by atoms with Gasteiger partial charge in [0.25, 0.3) is 5.91 Å². The van der Waals surface area contributed by atoms with E-state index in [2.05, 4.69) is 290 Å². The molecule has 1 aromatic heterocycles. The van der Waals surface area contributed by atoms with Crippen molar-refractivity contribution in [3.05, 3.63) is 83.7 Å². The second-order valence-corrected chi connectivity index (χ2v) is 19.9. The van der Waals surface area contributed by atoms with Crippen LogP contribution >= 0.6 is 0 Å². The van der Waals surface area contributed by atoms with Gasteiger partial charge < -0.3 is 27.2 Å². The van der Waals surface area contributed by atoms with Crippen LogP contribution in [0.25, 0.3) is 5.69 Å². The van der Waals surface area contributed by atoms with E-state index < -0.39 is 41.7 Å². The first-order chi connectivity index (χ1) is 51.5. The van der Waals surface area contributed by atoms with E-state index in [4.69, 9.17) is 40.4 Å². The normalized spacial score (nSPS) is 10.1. The Kier molecular flexibility index (Phi) is 49.4. The highest BCUT2D eigenvalue weighted by atomic mass is 17.6. The molecule has 574 valence electrons. The van der Waals surface area contributed by atoms with Crippen molar-refractivity contribution in [1.82, 2.24) is 25.7 Å². The molecule has 10 N–H and O–H groups in total. The maximum absolute atomic E-state index is 14.0. The van der Waals surface area contributed by atoms with Gasteiger partial charge in [0.2, 0.25) is 5.91 Å². The average Bonchev–Trinajstić information content (AvgIpc) is 1.71. The summed E-state index contributed by atoms with van der Waals surface area (Å²) in [7, 11) is 0. The molecule has 5 atom stereocenters. The first kappa shape index (κ1) is 88.3. The zero-order valence-electron chi connectivity index (χ0n) is 57.2. The molecule has 28 nitrogen and oxygen atoms in total. The molecule has 0 unspecified atom stereocenters. The zero-order valence-corrected chi connectivity index (χ0v) is 57.2. The van der Waals surface area contributed by atoms with Crippen LogP contribution in [0.2, 0.25) is 0 Å². The highest BCUT2D eigenvalue weighted by molar-refractivity contribution is 5.98. The van der Waals surface area contributed by atoms with Gasteiger partial charge in [0, 0.05) is 201 Å². The number of carbonyl (C=O) groups is 5. The number of hydrogen-bond donors (Lipinski definition) is 8. The van der Waals surface area contributed by atoms with Gasteiger partial charge in [0.15, 0.2) is 23.2 Å². The van der Waals surface area contributed by atoms with Gasteiger partial charge in [-0.3, -0.25) is 29.0 Å². The summed E-state index contributed by atoms with van der Waals surface area (Å²) >= 11 is 0. The van der Waals surface area contributed by atoms with Crippen LogP contribution in [0.15, 0.2) is 108 Å². The van der Waals surface area contributed by atoms with Gasteiger partial charge in [-0.2, -0.15) is 10.6 Å². The van der Waals surface area contributed by atoms with E-state index >= 15 is 0 Å². The number of nitrogens with two attached hydrogens (primary N) is 2. The quantitative estimate of drug-likeness (QED) is 0.00584. The molecule has 3 rings (SSSR count). The summed E-state index contributed by atoms with van der Waals surface area (Å²) < 4.78 is 1.64. The summed E-state index contributed by atoms with van der Waals surface area (Å²) in [5, 5.41) is 60.8. The number of guanidine groups is 1. The smallest absolute Gasteiger partial charge is 0.307 e. The predicted octanol–water partition coefficient (Wildman–Crippen LogP) is 11.9. The van der Waals surface area contributed by atoms with Crippen LogP contribution in [0.3, 0.4) is 0 Å². The lowest BCUT2D eigenvalue weighted by Crippen LogP contribution is -2.49. The fourth-order valence-corrected chi connectivity index (χ4v) is 7.56. The summed E-state index contributed by atoms with van der Waals surface area (Å²) in [6, 6.07) is 18.2. The highest BCUT2D eigenvalue weighted by Crippen LogP contribution is 2.23. The summed E-state index contributed by atoms with van der Waals surface area (Å²) in [6.07, 6.45) is 11.1. The van der Waals surface area contributed by atoms with Gasteiger partial charge in [-0.15, -0.1) is 12.8 Å². The van der Waals surface area contributed by atoms with Crippen LogP contribution in [-0.2, 0) is 45.7 Å². The number of para-hydroxylation sites is 1. The molecule has 3 aromatic rings. The first-order valence-electron chi connectivity index (χ1n) is 30.3. The lowest BCUT2D eigenvalue weighted by Gasteiger charge is -2.28. The molecule has 0 aliphatic rings. The monoisotopic (exact) mass is 1460 g/mol. The third kappa shape index (κ3) is 45.0. The second kappa shape index (κ2) is 59.3. The van der Waals surface area contributed by atoms with Crippen LogP contribution in [0.1, 0.15) is 124 Å². The fraction of sp³-hybridized carbons (Fsp3) is 0.244. The lowest BCUT2D eigenvalue weighted by atomic mass is 9.85. The minimum atomic E-state index is -1.09. The number of ketones is 2. The van der Waals surface area contributed by atoms with Crippen LogP contribution in [0, 0.1) is 262 Å². The SMILES string of the molecule is C#CC#CC#CC#CC#CC#CC#CC#CC#CC#CC#CC#CC#CC#CC#CC#CC#CC#CC#C.CC[C@H](C)[C@H](NC(=O)[C@@H](CC(=O)[C@H](CCCN=C(N)N)NC(=O)c1cc(C)n(-c2ccccc2)n1)CC(C)C)C(=O)C[C@@H](Cc1ccccc1)C(=O)O.N=N/N=N/N=N/N=N/N(OOO)OOO.[HH].[HH].[HH].[HH].[HH].[HH].[HH].[HH].[HH].[HH].[HH].[HH].[HH].[HH].[HH].[HH].[HH].[HH].[HH].[HH].[HH].[HH].[HH].[HH].[HH]. The van der Waals surface area contributed by atoms with Gasteiger partial charge in [-0.05, 0) is 204 Å². The van der Waals surface area contributed by atoms with E-state index in [-0.39, 0.29) is 108 Å². The van der Waals surface area contributed by atoms with E-state index in [0.717, 1.165) is 16.9 Å². The van der Waals surface area contributed by atoms with Crippen molar-refractivity contribution in [3.8, 4) is 232 Å². The van der Waals surface area contributed by atoms with E-state index in [1.165, 1.54) is 0 Å². The molecule has 2 aromatic carbocycles. The van der Waals surface area contributed by atoms with Crippen molar-refractivity contribution >= 4 is 35.3 Å². The topological polar surface area (TPSA) is 403 Å². The third-order valence-corrected chi connectivity index (χ3v) is 12.0. The first-order valence-corrected chi connectivity index (χ1v) is 30.3. The zero-order chi connectivity index (χ0) is 77.9. The van der Waals surface area contributed by atoms with E-state index in [1.807, 2.05) is 95.3 Å². The predicted molar refractivity (Wildman–Crippen MR) is 438 cm³/mol. The Morgan fingerprint density at radius 2 is 1.02 bits per heavy atom. The largest absolute Gasteiger partial charge is 0.481 e. The van der Waals surface area contributed by atoms with Crippen LogP contribution < -0.4 is 22.1 Å². The number of carbonyl (C=O) groups excluding carboxylic acids is 4. The van der Waals surface area contributed by atoms with Gasteiger partial charge in [0.1, 0.15) is 0 Å². The van der Waals surface area contributed by atoms with Crippen molar-refractivity contribution in [3.63, 3.8) is 0 Å². The van der Waals surface area contributed by atoms with Gasteiger partial charge in [-0.25, -0.2) is 15.2 Å². The van der Waals surface area contributed by atoms with Crippen molar-refractivity contribution in [2.45, 2.75) is 91.6 Å². The van der Waals surface area contributed by atoms with Gasteiger partial charge >= 0.3 is 5.97 Å². The molecular formula is C78H110N16O12. The summed E-state index contributed by atoms with van der Waals surface area (Å²) in [4.78, 5) is 78.6. The number of terminal acetylenes is 2. The number of carboxylic acids is 1. The molecule has 0 spiro atoms. The van der Waals surface area contributed by atoms with E-state index in [0.29, 0.717) is 19.3 Å². The van der Waals surface area contributed by atoms with Crippen LogP contribution in [-0.4, -0.2) is 84.7 Å².